The van der Waals surface area contributed by atoms with Gasteiger partial charge in [-0.15, -0.1) is 0 Å². The number of aliphatic hydroxyl groups is 3. The van der Waals surface area contributed by atoms with E-state index in [9.17, 15) is 5.11 Å². The second kappa shape index (κ2) is 17.8. The van der Waals surface area contributed by atoms with Gasteiger partial charge < -0.3 is 25.4 Å². The van der Waals surface area contributed by atoms with Gasteiger partial charge in [-0.05, 0) is 56.1 Å². The first-order chi connectivity index (χ1) is 15.6. The van der Waals surface area contributed by atoms with Crippen molar-refractivity contribution in [1.29, 1.82) is 0 Å². The summed E-state index contributed by atoms with van der Waals surface area (Å²) in [5, 5.41) is 29.5. The quantitative estimate of drug-likeness (QED) is 0.557. The Labute approximate surface area is 194 Å². The van der Waals surface area contributed by atoms with Gasteiger partial charge in [-0.25, -0.2) is 0 Å². The lowest BCUT2D eigenvalue weighted by molar-refractivity contribution is -0.0474. The zero-order valence-corrected chi connectivity index (χ0v) is 19.9. The fourth-order valence-corrected chi connectivity index (χ4v) is 3.60. The largest absolute Gasteiger partial charge is 0.400 e. The highest BCUT2D eigenvalue weighted by Gasteiger charge is 2.32. The van der Waals surface area contributed by atoms with Gasteiger partial charge in [-0.1, -0.05) is 67.6 Å². The number of benzene rings is 2. The minimum Gasteiger partial charge on any atom is -0.400 e. The van der Waals surface area contributed by atoms with Crippen molar-refractivity contribution in [2.24, 2.45) is 0 Å². The molecule has 0 bridgehead atoms. The maximum atomic E-state index is 9.91. The standard InChI is InChI=1S/C14H21NO2.C8H10.C4H8O.CH4O/c16-11-14(17)8-6-13(7-9-14)15-10-12-4-2-1-3-5-12;1-2-8-6-4-3-5-7-8;1-2-4-5-3-1;1-2/h1-5,13,15-17H,6-11H2;3-7H,2H2,1H3;1-4H2;2H,1H3. The fourth-order valence-electron chi connectivity index (χ4n) is 3.60. The maximum absolute atomic E-state index is 9.91. The molecule has 5 heteroatoms. The summed E-state index contributed by atoms with van der Waals surface area (Å²) in [5.74, 6) is 0. The Balaban J connectivity index is 0.000000280. The Kier molecular flexibility index (Phi) is 15.7. The van der Waals surface area contributed by atoms with Crippen molar-refractivity contribution in [2.45, 2.75) is 70.1 Å². The minimum absolute atomic E-state index is 0.113. The number of hydrogen-bond acceptors (Lipinski definition) is 5. The van der Waals surface area contributed by atoms with E-state index < -0.39 is 5.60 Å². The number of ether oxygens (including phenoxy) is 1. The molecule has 5 nitrogen and oxygen atoms in total. The monoisotopic (exact) mass is 445 g/mol. The molecule has 0 unspecified atom stereocenters. The van der Waals surface area contributed by atoms with E-state index in [4.69, 9.17) is 14.9 Å². The molecule has 1 saturated heterocycles. The van der Waals surface area contributed by atoms with Gasteiger partial charge in [0.05, 0.1) is 12.2 Å². The summed E-state index contributed by atoms with van der Waals surface area (Å²) in [6.45, 7) is 4.93. The van der Waals surface area contributed by atoms with Crippen molar-refractivity contribution in [3.63, 3.8) is 0 Å². The predicted molar refractivity (Wildman–Crippen MR) is 132 cm³/mol. The molecule has 2 aromatic rings. The molecule has 0 atom stereocenters. The average molecular weight is 446 g/mol. The van der Waals surface area contributed by atoms with Crippen LogP contribution in [-0.4, -0.2) is 53.9 Å². The van der Waals surface area contributed by atoms with E-state index in [1.807, 2.05) is 24.3 Å². The van der Waals surface area contributed by atoms with E-state index in [0.717, 1.165) is 46.1 Å². The molecule has 0 radical (unpaired) electrons. The van der Waals surface area contributed by atoms with Gasteiger partial charge in [0.25, 0.3) is 0 Å². The molecule has 2 aromatic carbocycles. The number of aryl methyl sites for hydroxylation is 1. The highest BCUT2D eigenvalue weighted by atomic mass is 16.5. The Morgan fingerprint density at radius 2 is 1.38 bits per heavy atom. The molecule has 2 fully saturated rings. The Bertz CT molecular complexity index is 646. The molecular weight excluding hydrogens is 402 g/mol. The second-order valence-corrected chi connectivity index (χ2v) is 8.18. The third kappa shape index (κ3) is 12.3. The third-order valence-electron chi connectivity index (χ3n) is 5.73. The topological polar surface area (TPSA) is 82.0 Å². The molecular formula is C27H43NO4. The number of rotatable bonds is 5. The Hall–Kier alpha value is -1.76. The van der Waals surface area contributed by atoms with Crippen LogP contribution in [0.25, 0.3) is 0 Å². The van der Waals surface area contributed by atoms with Crippen LogP contribution in [0.2, 0.25) is 0 Å². The zero-order valence-electron chi connectivity index (χ0n) is 19.9. The van der Waals surface area contributed by atoms with E-state index in [2.05, 4.69) is 48.6 Å². The molecule has 1 heterocycles. The predicted octanol–water partition coefficient (Wildman–Crippen LogP) is 4.10. The van der Waals surface area contributed by atoms with E-state index in [1.54, 1.807) is 0 Å². The summed E-state index contributed by atoms with van der Waals surface area (Å²) in [7, 11) is 1.00. The maximum Gasteiger partial charge on any atom is 0.0878 e. The Morgan fingerprint density at radius 3 is 1.75 bits per heavy atom. The van der Waals surface area contributed by atoms with Crippen molar-refractivity contribution in [3.05, 3.63) is 71.8 Å². The van der Waals surface area contributed by atoms with Crippen LogP contribution in [0.1, 0.15) is 56.6 Å². The van der Waals surface area contributed by atoms with Crippen molar-refractivity contribution in [3.8, 4) is 0 Å². The lowest BCUT2D eigenvalue weighted by Crippen LogP contribution is -2.43. The third-order valence-corrected chi connectivity index (χ3v) is 5.73. The van der Waals surface area contributed by atoms with Crippen LogP contribution >= 0.6 is 0 Å². The van der Waals surface area contributed by atoms with Gasteiger partial charge in [0.15, 0.2) is 0 Å². The van der Waals surface area contributed by atoms with Crippen LogP contribution in [-0.2, 0) is 17.7 Å². The summed E-state index contributed by atoms with van der Waals surface area (Å²) < 4.78 is 4.94. The highest BCUT2D eigenvalue weighted by molar-refractivity contribution is 5.14. The molecule has 32 heavy (non-hydrogen) atoms. The SMILES string of the molecule is C1CCOC1.CCc1ccccc1.CO.OCC1(O)CCC(NCc2ccccc2)CC1. The lowest BCUT2D eigenvalue weighted by atomic mass is 9.83. The van der Waals surface area contributed by atoms with Crippen LogP contribution < -0.4 is 5.32 Å². The van der Waals surface area contributed by atoms with E-state index in [-0.39, 0.29) is 6.61 Å². The summed E-state index contributed by atoms with van der Waals surface area (Å²) in [6.07, 6.45) is 6.94. The highest BCUT2D eigenvalue weighted by Crippen LogP contribution is 2.27. The van der Waals surface area contributed by atoms with Crippen LogP contribution in [0, 0.1) is 0 Å². The van der Waals surface area contributed by atoms with Gasteiger partial charge in [-0.3, -0.25) is 0 Å². The van der Waals surface area contributed by atoms with Crippen LogP contribution in [0.4, 0.5) is 0 Å². The smallest absolute Gasteiger partial charge is 0.0878 e. The van der Waals surface area contributed by atoms with Crippen LogP contribution in [0.3, 0.4) is 0 Å². The van der Waals surface area contributed by atoms with Gasteiger partial charge in [0.1, 0.15) is 0 Å². The minimum atomic E-state index is -0.828. The number of nitrogens with one attached hydrogen (secondary N) is 1. The van der Waals surface area contributed by atoms with Gasteiger partial charge in [0, 0.05) is 32.9 Å². The van der Waals surface area contributed by atoms with Crippen molar-refractivity contribution in [2.75, 3.05) is 26.9 Å². The normalized spacial score (nSPS) is 21.7. The van der Waals surface area contributed by atoms with E-state index >= 15 is 0 Å². The first-order valence-corrected chi connectivity index (χ1v) is 11.8. The van der Waals surface area contributed by atoms with Crippen molar-refractivity contribution < 1.29 is 20.1 Å². The summed E-state index contributed by atoms with van der Waals surface area (Å²) in [6, 6.07) is 21.2. The average Bonchev–Trinajstić information content (AvgIpc) is 3.47. The molecule has 0 spiro atoms. The fraction of sp³-hybridized carbons (Fsp3) is 0.556. The molecule has 4 rings (SSSR count). The molecule has 0 aromatic heterocycles. The summed E-state index contributed by atoms with van der Waals surface area (Å²) >= 11 is 0. The molecule has 180 valence electrons. The second-order valence-electron chi connectivity index (χ2n) is 8.18. The van der Waals surface area contributed by atoms with Gasteiger partial charge in [-0.2, -0.15) is 0 Å². The Morgan fingerprint density at radius 1 is 0.875 bits per heavy atom. The molecule has 1 saturated carbocycles. The molecule has 1 aliphatic carbocycles. The van der Waals surface area contributed by atoms with Crippen molar-refractivity contribution in [1.82, 2.24) is 5.32 Å². The molecule has 4 N–H and O–H groups in total. The number of hydrogen-bond donors (Lipinski definition) is 4. The van der Waals surface area contributed by atoms with Gasteiger partial charge >= 0.3 is 0 Å². The van der Waals surface area contributed by atoms with Crippen molar-refractivity contribution >= 4 is 0 Å². The lowest BCUT2D eigenvalue weighted by Gasteiger charge is -2.35. The first kappa shape index (κ1) is 28.3. The van der Waals surface area contributed by atoms with Gasteiger partial charge in [0.2, 0.25) is 0 Å². The van der Waals surface area contributed by atoms with E-state index in [1.165, 1.54) is 24.0 Å². The zero-order chi connectivity index (χ0) is 23.5. The molecule has 2 aliphatic rings. The number of aliphatic hydroxyl groups excluding tert-OH is 2. The summed E-state index contributed by atoms with van der Waals surface area (Å²) in [4.78, 5) is 0. The van der Waals surface area contributed by atoms with Crippen LogP contribution in [0.5, 0.6) is 0 Å². The van der Waals surface area contributed by atoms with E-state index in [0.29, 0.717) is 18.9 Å². The van der Waals surface area contributed by atoms with Crippen LogP contribution in [0.15, 0.2) is 60.7 Å². The molecule has 1 aliphatic heterocycles. The summed E-state index contributed by atoms with van der Waals surface area (Å²) in [5.41, 5.74) is 1.87. The molecule has 0 amide bonds. The first-order valence-electron chi connectivity index (χ1n) is 11.8.